The smallest absolute Gasteiger partial charge is 0.134 e. The molecule has 0 aliphatic heterocycles. The van der Waals surface area contributed by atoms with E-state index in [2.05, 4.69) is 31.3 Å². The summed E-state index contributed by atoms with van der Waals surface area (Å²) in [6.07, 6.45) is 8.10. The molecule has 2 nitrogen and oxygen atoms in total. The van der Waals surface area contributed by atoms with Crippen molar-refractivity contribution in [2.24, 2.45) is 0 Å². The summed E-state index contributed by atoms with van der Waals surface area (Å²) >= 11 is 0. The van der Waals surface area contributed by atoms with Crippen LogP contribution in [-0.2, 0) is 6.54 Å². The zero-order valence-electron chi connectivity index (χ0n) is 12.9. The number of unbranched alkanes of at least 4 members (excludes halogenated alkanes) is 5. The van der Waals surface area contributed by atoms with Crippen molar-refractivity contribution < 1.29 is 4.42 Å². The second-order valence-corrected chi connectivity index (χ2v) is 5.58. The third-order valence-corrected chi connectivity index (χ3v) is 3.91. The average molecular weight is 273 g/mol. The Hall–Kier alpha value is -1.28. The average Bonchev–Trinajstić information content (AvgIpc) is 2.78. The molecule has 2 rings (SSSR count). The van der Waals surface area contributed by atoms with E-state index in [4.69, 9.17) is 4.42 Å². The summed E-state index contributed by atoms with van der Waals surface area (Å²) < 4.78 is 5.78. The van der Waals surface area contributed by atoms with E-state index >= 15 is 0 Å². The van der Waals surface area contributed by atoms with E-state index in [-0.39, 0.29) is 0 Å². The van der Waals surface area contributed by atoms with E-state index in [0.717, 1.165) is 24.4 Å². The fourth-order valence-corrected chi connectivity index (χ4v) is 2.68. The normalized spacial score (nSPS) is 11.3. The van der Waals surface area contributed by atoms with Crippen LogP contribution in [0.5, 0.6) is 0 Å². The van der Waals surface area contributed by atoms with Crippen LogP contribution in [0.2, 0.25) is 0 Å². The lowest BCUT2D eigenvalue weighted by molar-refractivity contribution is 0.552. The van der Waals surface area contributed by atoms with E-state index in [9.17, 15) is 0 Å². The number of rotatable bonds is 9. The molecule has 1 aromatic carbocycles. The Bertz CT molecular complexity index is 515. The van der Waals surface area contributed by atoms with E-state index in [1.807, 2.05) is 12.1 Å². The minimum atomic E-state index is 0.914. The third kappa shape index (κ3) is 4.11. The number of fused-ring (bicyclic) bond motifs is 1. The van der Waals surface area contributed by atoms with Gasteiger partial charge >= 0.3 is 0 Å². The summed E-state index contributed by atoms with van der Waals surface area (Å²) in [7, 11) is 0. The number of hydrogen-bond acceptors (Lipinski definition) is 2. The molecule has 20 heavy (non-hydrogen) atoms. The summed E-state index contributed by atoms with van der Waals surface area (Å²) in [6.45, 7) is 6.34. The summed E-state index contributed by atoms with van der Waals surface area (Å²) in [5.74, 6) is 1.04. The Labute approximate surface area is 122 Å². The van der Waals surface area contributed by atoms with Gasteiger partial charge in [0.2, 0.25) is 0 Å². The fourth-order valence-electron chi connectivity index (χ4n) is 2.68. The van der Waals surface area contributed by atoms with Gasteiger partial charge in [-0.3, -0.25) is 0 Å². The number of para-hydroxylation sites is 1. The molecule has 0 fully saturated rings. The van der Waals surface area contributed by atoms with Crippen molar-refractivity contribution in [1.29, 1.82) is 0 Å². The van der Waals surface area contributed by atoms with Gasteiger partial charge < -0.3 is 9.73 Å². The quantitative estimate of drug-likeness (QED) is 0.636. The first-order valence-corrected chi connectivity index (χ1v) is 8.00. The van der Waals surface area contributed by atoms with Crippen LogP contribution in [-0.4, -0.2) is 6.54 Å². The van der Waals surface area contributed by atoms with Gasteiger partial charge in [-0.25, -0.2) is 0 Å². The maximum atomic E-state index is 5.78. The monoisotopic (exact) mass is 273 g/mol. The highest BCUT2D eigenvalue weighted by Crippen LogP contribution is 2.24. The van der Waals surface area contributed by atoms with E-state index in [0.29, 0.717) is 0 Å². The maximum absolute atomic E-state index is 5.78. The Kier molecular flexibility index (Phi) is 6.13. The van der Waals surface area contributed by atoms with Crippen LogP contribution in [0.3, 0.4) is 0 Å². The number of furan rings is 1. The molecule has 0 bridgehead atoms. The molecule has 1 N–H and O–H groups in total. The summed E-state index contributed by atoms with van der Waals surface area (Å²) in [5.41, 5.74) is 2.31. The predicted molar refractivity (Wildman–Crippen MR) is 86.0 cm³/mol. The molecule has 0 atom stereocenters. The van der Waals surface area contributed by atoms with Crippen LogP contribution in [0.1, 0.15) is 56.8 Å². The van der Waals surface area contributed by atoms with Crippen LogP contribution in [0.4, 0.5) is 0 Å². The molecule has 0 aliphatic rings. The molecule has 2 aromatic rings. The molecule has 0 unspecified atom stereocenters. The molecule has 0 aliphatic carbocycles. The van der Waals surface area contributed by atoms with Gasteiger partial charge in [0.25, 0.3) is 0 Å². The molecule has 0 amide bonds. The van der Waals surface area contributed by atoms with E-state index in [1.54, 1.807) is 0 Å². The zero-order valence-corrected chi connectivity index (χ0v) is 12.9. The van der Waals surface area contributed by atoms with Gasteiger partial charge in [0.15, 0.2) is 0 Å². The number of hydrogen-bond donors (Lipinski definition) is 1. The molecule has 1 heterocycles. The fraction of sp³-hybridized carbons (Fsp3) is 0.556. The maximum Gasteiger partial charge on any atom is 0.134 e. The Morgan fingerprint density at radius 3 is 2.60 bits per heavy atom. The Morgan fingerprint density at radius 1 is 1.00 bits per heavy atom. The van der Waals surface area contributed by atoms with Gasteiger partial charge in [-0.2, -0.15) is 0 Å². The predicted octanol–water partition coefficient (Wildman–Crippen LogP) is 5.19. The topological polar surface area (TPSA) is 25.2 Å². The SMILES string of the molecule is CCCCCCCCNCc1c(C)oc2ccccc12. The second kappa shape index (κ2) is 8.11. The number of nitrogens with one attached hydrogen (secondary N) is 1. The van der Waals surface area contributed by atoms with Gasteiger partial charge in [0.1, 0.15) is 11.3 Å². The van der Waals surface area contributed by atoms with Crippen LogP contribution in [0.25, 0.3) is 11.0 Å². The lowest BCUT2D eigenvalue weighted by atomic mass is 10.1. The van der Waals surface area contributed by atoms with Gasteiger partial charge in [0, 0.05) is 17.5 Å². The van der Waals surface area contributed by atoms with Crippen molar-refractivity contribution in [3.8, 4) is 0 Å². The molecular formula is C18H27NO. The van der Waals surface area contributed by atoms with Crippen molar-refractivity contribution in [3.05, 3.63) is 35.6 Å². The molecule has 0 radical (unpaired) electrons. The minimum absolute atomic E-state index is 0.914. The first-order chi connectivity index (χ1) is 9.83. The lowest BCUT2D eigenvalue weighted by Crippen LogP contribution is -2.14. The highest BCUT2D eigenvalue weighted by molar-refractivity contribution is 5.82. The second-order valence-electron chi connectivity index (χ2n) is 5.58. The highest BCUT2D eigenvalue weighted by Gasteiger charge is 2.09. The Morgan fingerprint density at radius 2 is 1.75 bits per heavy atom. The molecular weight excluding hydrogens is 246 g/mol. The zero-order chi connectivity index (χ0) is 14.2. The van der Waals surface area contributed by atoms with Gasteiger partial charge in [-0.15, -0.1) is 0 Å². The van der Waals surface area contributed by atoms with Crippen molar-refractivity contribution in [3.63, 3.8) is 0 Å². The largest absolute Gasteiger partial charge is 0.461 e. The first-order valence-electron chi connectivity index (χ1n) is 8.00. The third-order valence-electron chi connectivity index (χ3n) is 3.91. The van der Waals surface area contributed by atoms with E-state index in [1.165, 1.54) is 49.5 Å². The van der Waals surface area contributed by atoms with Crippen molar-refractivity contribution in [2.75, 3.05) is 6.54 Å². The molecule has 0 spiro atoms. The number of benzene rings is 1. The summed E-state index contributed by atoms with van der Waals surface area (Å²) in [6, 6.07) is 8.29. The van der Waals surface area contributed by atoms with Crippen LogP contribution >= 0.6 is 0 Å². The Balaban J connectivity index is 1.72. The number of aryl methyl sites for hydroxylation is 1. The summed E-state index contributed by atoms with van der Waals surface area (Å²) in [4.78, 5) is 0. The van der Waals surface area contributed by atoms with Crippen LogP contribution in [0.15, 0.2) is 28.7 Å². The van der Waals surface area contributed by atoms with Crippen LogP contribution < -0.4 is 5.32 Å². The molecule has 0 saturated carbocycles. The molecule has 0 saturated heterocycles. The van der Waals surface area contributed by atoms with E-state index < -0.39 is 0 Å². The standard InChI is InChI=1S/C18H27NO/c1-3-4-5-6-7-10-13-19-14-17-15(2)20-18-12-9-8-11-16(17)18/h8-9,11-12,19H,3-7,10,13-14H2,1-2H3. The molecule has 110 valence electrons. The summed E-state index contributed by atoms with van der Waals surface area (Å²) in [5, 5.41) is 4.80. The van der Waals surface area contributed by atoms with Crippen LogP contribution in [0, 0.1) is 6.92 Å². The molecule has 2 heteroatoms. The van der Waals surface area contributed by atoms with Crippen molar-refractivity contribution in [1.82, 2.24) is 5.32 Å². The highest BCUT2D eigenvalue weighted by atomic mass is 16.3. The lowest BCUT2D eigenvalue weighted by Gasteiger charge is -2.04. The van der Waals surface area contributed by atoms with Gasteiger partial charge in [-0.05, 0) is 26.0 Å². The van der Waals surface area contributed by atoms with Crippen molar-refractivity contribution >= 4 is 11.0 Å². The molecule has 1 aromatic heterocycles. The minimum Gasteiger partial charge on any atom is -0.461 e. The van der Waals surface area contributed by atoms with Crippen molar-refractivity contribution in [2.45, 2.75) is 58.9 Å². The van der Waals surface area contributed by atoms with Gasteiger partial charge in [-0.1, -0.05) is 57.2 Å². The first kappa shape index (κ1) is 15.1. The van der Waals surface area contributed by atoms with Gasteiger partial charge in [0.05, 0.1) is 0 Å².